The molecule has 1 saturated carbocycles. The van der Waals surface area contributed by atoms with E-state index in [-0.39, 0.29) is 23.6 Å². The normalized spacial score (nSPS) is 16.9. The number of amides is 1. The fraction of sp³-hybridized carbons (Fsp3) is 0.522. The molecule has 0 bridgehead atoms. The van der Waals surface area contributed by atoms with Crippen molar-refractivity contribution in [3.63, 3.8) is 0 Å². The highest BCUT2D eigenvalue weighted by Crippen LogP contribution is 2.36. The van der Waals surface area contributed by atoms with Gasteiger partial charge in [0.25, 0.3) is 5.88 Å². The number of rotatable bonds is 8. The van der Waals surface area contributed by atoms with Crippen LogP contribution in [0.2, 0.25) is 0 Å². The summed E-state index contributed by atoms with van der Waals surface area (Å²) in [5.41, 5.74) is 0.662. The van der Waals surface area contributed by atoms with Gasteiger partial charge < -0.3 is 24.4 Å². The van der Waals surface area contributed by atoms with Crippen LogP contribution in [0.4, 0.5) is 16.3 Å². The fourth-order valence-electron chi connectivity index (χ4n) is 3.74. The molecule has 4 rings (SSSR count). The molecule has 1 saturated heterocycles. The fourth-order valence-corrected chi connectivity index (χ4v) is 5.40. The molecule has 2 aliphatic rings. The van der Waals surface area contributed by atoms with Crippen molar-refractivity contribution in [1.82, 2.24) is 14.9 Å². The van der Waals surface area contributed by atoms with Gasteiger partial charge in [0.1, 0.15) is 12.4 Å². The van der Waals surface area contributed by atoms with Crippen molar-refractivity contribution >= 4 is 27.4 Å². The first-order chi connectivity index (χ1) is 16.3. The third-order valence-corrected chi connectivity index (χ3v) is 7.98. The molecule has 1 aromatic heterocycles. The predicted octanol–water partition coefficient (Wildman–Crippen LogP) is 3.55. The summed E-state index contributed by atoms with van der Waals surface area (Å²) < 4.78 is 41.7. The van der Waals surface area contributed by atoms with Crippen LogP contribution in [0, 0.1) is 0 Å². The Hall–Kier alpha value is -3.08. The van der Waals surface area contributed by atoms with Crippen LogP contribution in [0.1, 0.15) is 39.5 Å². The van der Waals surface area contributed by atoms with Crippen LogP contribution in [-0.2, 0) is 14.6 Å². The van der Waals surface area contributed by atoms with E-state index in [2.05, 4.69) is 15.3 Å². The molecule has 184 valence electrons. The Balaban J connectivity index is 1.40. The van der Waals surface area contributed by atoms with E-state index in [0.717, 1.165) is 12.8 Å². The van der Waals surface area contributed by atoms with Gasteiger partial charge in [-0.3, -0.25) is 0 Å². The Labute approximate surface area is 199 Å². The van der Waals surface area contributed by atoms with E-state index in [9.17, 15) is 13.2 Å². The molecular formula is C23H30N4O6S. The van der Waals surface area contributed by atoms with E-state index >= 15 is 0 Å². The molecule has 2 fully saturated rings. The lowest BCUT2D eigenvalue weighted by Gasteiger charge is -2.31. The van der Waals surface area contributed by atoms with Gasteiger partial charge in [-0.05, 0) is 51.0 Å². The number of piperidine rings is 1. The van der Waals surface area contributed by atoms with Crippen LogP contribution in [0.15, 0.2) is 35.5 Å². The maximum absolute atomic E-state index is 12.4. The zero-order valence-electron chi connectivity index (χ0n) is 19.6. The summed E-state index contributed by atoms with van der Waals surface area (Å²) in [4.78, 5) is 22.6. The van der Waals surface area contributed by atoms with Gasteiger partial charge in [-0.1, -0.05) is 0 Å². The van der Waals surface area contributed by atoms with Gasteiger partial charge in [0.2, 0.25) is 5.75 Å². The Bertz CT molecular complexity index is 1110. The number of nitrogens with zero attached hydrogens (tertiary/aromatic N) is 3. The van der Waals surface area contributed by atoms with E-state index in [1.807, 2.05) is 13.8 Å². The highest BCUT2D eigenvalue weighted by molar-refractivity contribution is 7.92. The Morgan fingerprint density at radius 1 is 1.09 bits per heavy atom. The molecular weight excluding hydrogens is 460 g/mol. The number of methoxy groups -OCH3 is 1. The second kappa shape index (κ2) is 10.0. The van der Waals surface area contributed by atoms with Gasteiger partial charge in [-0.15, -0.1) is 0 Å². The number of benzene rings is 1. The number of hydrogen-bond donors (Lipinski definition) is 1. The molecule has 34 heavy (non-hydrogen) atoms. The highest BCUT2D eigenvalue weighted by atomic mass is 32.2. The Kier molecular flexibility index (Phi) is 7.11. The van der Waals surface area contributed by atoms with Crippen LogP contribution in [0.25, 0.3) is 0 Å². The maximum atomic E-state index is 12.4. The third kappa shape index (κ3) is 5.52. The van der Waals surface area contributed by atoms with Gasteiger partial charge in [-0.2, -0.15) is 4.98 Å². The predicted molar refractivity (Wildman–Crippen MR) is 125 cm³/mol. The lowest BCUT2D eigenvalue weighted by molar-refractivity contribution is 0.0500. The van der Waals surface area contributed by atoms with Gasteiger partial charge in [0.15, 0.2) is 15.7 Å². The first-order valence-corrected chi connectivity index (χ1v) is 12.9. The minimum absolute atomic E-state index is 0.133. The van der Waals surface area contributed by atoms with Gasteiger partial charge in [0, 0.05) is 31.6 Å². The number of likely N-dealkylation sites (tertiary alicyclic amines) is 1. The summed E-state index contributed by atoms with van der Waals surface area (Å²) in [5.74, 6) is 1.05. The number of ether oxygens (including phenoxy) is 3. The molecule has 0 radical (unpaired) electrons. The van der Waals surface area contributed by atoms with Crippen LogP contribution in [0.3, 0.4) is 0 Å². The molecule has 0 unspecified atom stereocenters. The van der Waals surface area contributed by atoms with Crippen molar-refractivity contribution < 1.29 is 27.4 Å². The number of nitrogens with one attached hydrogen (secondary N) is 1. The maximum Gasteiger partial charge on any atom is 0.410 e. The lowest BCUT2D eigenvalue weighted by atomic mass is 10.1. The first-order valence-electron chi connectivity index (χ1n) is 11.4. The molecule has 2 aromatic rings. The quantitative estimate of drug-likeness (QED) is 0.592. The average molecular weight is 491 g/mol. The minimum atomic E-state index is -3.24. The summed E-state index contributed by atoms with van der Waals surface area (Å²) in [5, 5.41) is 2.90. The van der Waals surface area contributed by atoms with E-state index < -0.39 is 9.84 Å². The van der Waals surface area contributed by atoms with Crippen molar-refractivity contribution in [2.75, 3.05) is 25.5 Å². The van der Waals surface area contributed by atoms with E-state index in [1.54, 1.807) is 29.2 Å². The molecule has 1 aliphatic heterocycles. The Morgan fingerprint density at radius 3 is 2.35 bits per heavy atom. The molecule has 11 heteroatoms. The summed E-state index contributed by atoms with van der Waals surface area (Å²) in [6.45, 7) is 4.71. The summed E-state index contributed by atoms with van der Waals surface area (Å²) in [6.07, 6.45) is 3.51. The SMILES string of the molecule is COc1c(Nc2ccc(S(=O)(=O)C3CC3)cc2)ncnc1OC1CCN(C(=O)OC(C)C)CC1. The zero-order valence-corrected chi connectivity index (χ0v) is 20.4. The van der Waals surface area contributed by atoms with E-state index in [1.165, 1.54) is 13.4 Å². The molecule has 2 heterocycles. The van der Waals surface area contributed by atoms with Crippen molar-refractivity contribution in [3.8, 4) is 11.6 Å². The van der Waals surface area contributed by atoms with Crippen LogP contribution < -0.4 is 14.8 Å². The molecule has 0 spiro atoms. The van der Waals surface area contributed by atoms with Gasteiger partial charge in [0.05, 0.1) is 23.4 Å². The standard InChI is InChI=1S/C23H30N4O6S/c1-15(2)32-23(28)27-12-10-17(11-13-27)33-22-20(31-3)21(24-14-25-22)26-16-4-6-18(7-5-16)34(29,30)19-8-9-19/h4-7,14-15,17,19H,8-13H2,1-3H3,(H,24,25,26). The number of hydrogen-bond acceptors (Lipinski definition) is 9. The molecule has 1 aliphatic carbocycles. The lowest BCUT2D eigenvalue weighted by Crippen LogP contribution is -2.42. The number of anilines is 2. The number of sulfone groups is 1. The average Bonchev–Trinajstić information content (AvgIpc) is 3.66. The topological polar surface area (TPSA) is 120 Å². The van der Waals surface area contributed by atoms with Crippen LogP contribution in [-0.4, -0.2) is 67.0 Å². The molecule has 1 amide bonds. The van der Waals surface area contributed by atoms with Gasteiger partial charge >= 0.3 is 6.09 Å². The molecule has 10 nitrogen and oxygen atoms in total. The van der Waals surface area contributed by atoms with E-state index in [4.69, 9.17) is 14.2 Å². The molecule has 0 atom stereocenters. The van der Waals surface area contributed by atoms with Crippen LogP contribution in [0.5, 0.6) is 11.6 Å². The Morgan fingerprint density at radius 2 is 1.76 bits per heavy atom. The second-order valence-corrected chi connectivity index (χ2v) is 10.9. The largest absolute Gasteiger partial charge is 0.489 e. The number of aromatic nitrogens is 2. The first kappa shape index (κ1) is 24.1. The van der Waals surface area contributed by atoms with Crippen molar-refractivity contribution in [2.45, 2.75) is 61.9 Å². The van der Waals surface area contributed by atoms with E-state index in [0.29, 0.717) is 54.0 Å². The summed E-state index contributed by atoms with van der Waals surface area (Å²) >= 11 is 0. The summed E-state index contributed by atoms with van der Waals surface area (Å²) in [7, 11) is -1.73. The molecule has 1 aromatic carbocycles. The van der Waals surface area contributed by atoms with Crippen molar-refractivity contribution in [3.05, 3.63) is 30.6 Å². The monoisotopic (exact) mass is 490 g/mol. The van der Waals surface area contributed by atoms with Gasteiger partial charge in [-0.25, -0.2) is 18.2 Å². The number of carbonyl (C=O) groups excluding carboxylic acids is 1. The van der Waals surface area contributed by atoms with Crippen LogP contribution >= 0.6 is 0 Å². The van der Waals surface area contributed by atoms with Crippen molar-refractivity contribution in [1.29, 1.82) is 0 Å². The van der Waals surface area contributed by atoms with Crippen molar-refractivity contribution in [2.24, 2.45) is 0 Å². The zero-order chi connectivity index (χ0) is 24.3. The summed E-state index contributed by atoms with van der Waals surface area (Å²) in [6, 6.07) is 6.59. The smallest absolute Gasteiger partial charge is 0.410 e. The molecule has 1 N–H and O–H groups in total. The minimum Gasteiger partial charge on any atom is -0.489 e. The number of carbonyl (C=O) groups is 1. The second-order valence-electron chi connectivity index (χ2n) is 8.69. The third-order valence-electron chi connectivity index (χ3n) is 5.70. The highest BCUT2D eigenvalue weighted by Gasteiger charge is 2.36.